The molecule has 1 rings (SSSR count). The van der Waals surface area contributed by atoms with Gasteiger partial charge >= 0.3 is 5.97 Å². The molecule has 0 bridgehead atoms. The lowest BCUT2D eigenvalue weighted by Crippen LogP contribution is -2.33. The number of ether oxygens (including phenoxy) is 1. The lowest BCUT2D eigenvalue weighted by Gasteiger charge is -2.26. The Labute approximate surface area is 127 Å². The maximum atomic E-state index is 11.7. The quantitative estimate of drug-likeness (QED) is 0.569. The standard InChI is InChI=1S/C13H20N2O3S2/c1-6-9(7-19-5)15(3)13-14-10(12(17)18-4)11(20-13)8(2)16/h9H,6-7H2,1-5H3. The molecule has 0 saturated carbocycles. The number of anilines is 1. The van der Waals surface area contributed by atoms with Crippen molar-refractivity contribution >= 4 is 40.0 Å². The van der Waals surface area contributed by atoms with Crippen LogP contribution in [0.25, 0.3) is 0 Å². The molecule has 0 amide bonds. The first-order chi connectivity index (χ1) is 9.46. The summed E-state index contributed by atoms with van der Waals surface area (Å²) >= 11 is 3.01. The highest BCUT2D eigenvalue weighted by Crippen LogP contribution is 2.29. The largest absolute Gasteiger partial charge is 0.464 e. The smallest absolute Gasteiger partial charge is 0.358 e. The van der Waals surface area contributed by atoms with E-state index < -0.39 is 5.97 Å². The molecule has 7 heteroatoms. The predicted octanol–water partition coefficient (Wildman–Crippen LogP) is 2.71. The Balaban J connectivity index is 3.13. The number of Topliss-reactive ketones (excluding diaryl/α,β-unsaturated/α-hetero) is 1. The predicted molar refractivity (Wildman–Crippen MR) is 84.3 cm³/mol. The van der Waals surface area contributed by atoms with Crippen LogP contribution in [0.5, 0.6) is 0 Å². The van der Waals surface area contributed by atoms with Crippen LogP contribution in [-0.4, -0.2) is 48.9 Å². The molecule has 5 nitrogen and oxygen atoms in total. The van der Waals surface area contributed by atoms with E-state index in [1.54, 1.807) is 11.8 Å². The van der Waals surface area contributed by atoms with Gasteiger partial charge in [-0.25, -0.2) is 9.78 Å². The van der Waals surface area contributed by atoms with Crippen molar-refractivity contribution in [2.45, 2.75) is 26.3 Å². The van der Waals surface area contributed by atoms with E-state index in [9.17, 15) is 9.59 Å². The molecule has 1 heterocycles. The van der Waals surface area contributed by atoms with Crippen LogP contribution in [0.1, 0.15) is 40.4 Å². The van der Waals surface area contributed by atoms with Crippen LogP contribution in [-0.2, 0) is 4.74 Å². The van der Waals surface area contributed by atoms with E-state index in [4.69, 9.17) is 0 Å². The normalized spacial score (nSPS) is 12.1. The summed E-state index contributed by atoms with van der Waals surface area (Å²) in [6.07, 6.45) is 3.03. The molecular formula is C13H20N2O3S2. The van der Waals surface area contributed by atoms with Gasteiger partial charge in [0, 0.05) is 25.8 Å². The van der Waals surface area contributed by atoms with E-state index in [-0.39, 0.29) is 11.5 Å². The molecule has 1 atom stereocenters. The van der Waals surface area contributed by atoms with Gasteiger partial charge in [0.25, 0.3) is 0 Å². The van der Waals surface area contributed by atoms with Crippen molar-refractivity contribution < 1.29 is 14.3 Å². The maximum absolute atomic E-state index is 11.7. The van der Waals surface area contributed by atoms with Gasteiger partial charge in [-0.1, -0.05) is 18.3 Å². The number of hydrogen-bond acceptors (Lipinski definition) is 7. The molecule has 20 heavy (non-hydrogen) atoms. The molecule has 1 unspecified atom stereocenters. The molecule has 1 aromatic heterocycles. The first-order valence-corrected chi connectivity index (χ1v) is 8.49. The molecule has 0 radical (unpaired) electrons. The zero-order valence-electron chi connectivity index (χ0n) is 12.4. The third-order valence-corrected chi connectivity index (χ3v) is 4.96. The molecule has 0 saturated heterocycles. The fourth-order valence-electron chi connectivity index (χ4n) is 1.79. The number of carbonyl (C=O) groups is 2. The van der Waals surface area contributed by atoms with Crippen molar-refractivity contribution in [3.05, 3.63) is 10.6 Å². The second-order valence-corrected chi connectivity index (χ2v) is 6.24. The number of hydrogen-bond donors (Lipinski definition) is 0. The van der Waals surface area contributed by atoms with E-state index in [0.717, 1.165) is 12.2 Å². The molecule has 0 aliphatic carbocycles. The number of aromatic nitrogens is 1. The van der Waals surface area contributed by atoms with E-state index in [2.05, 4.69) is 22.9 Å². The summed E-state index contributed by atoms with van der Waals surface area (Å²) in [5, 5.41) is 0.677. The number of esters is 1. The molecule has 1 aromatic rings. The molecule has 0 fully saturated rings. The van der Waals surface area contributed by atoms with Gasteiger partial charge in [-0.2, -0.15) is 11.8 Å². The Morgan fingerprint density at radius 2 is 2.15 bits per heavy atom. The van der Waals surface area contributed by atoms with Crippen LogP contribution < -0.4 is 4.90 Å². The maximum Gasteiger partial charge on any atom is 0.358 e. The summed E-state index contributed by atoms with van der Waals surface area (Å²) in [4.78, 5) is 30.0. The van der Waals surface area contributed by atoms with Gasteiger partial charge in [0.05, 0.1) is 7.11 Å². The monoisotopic (exact) mass is 316 g/mol. The Morgan fingerprint density at radius 3 is 2.60 bits per heavy atom. The Morgan fingerprint density at radius 1 is 1.50 bits per heavy atom. The molecule has 0 aromatic carbocycles. The number of methoxy groups -OCH3 is 1. The van der Waals surface area contributed by atoms with Crippen LogP contribution in [0.15, 0.2) is 0 Å². The lowest BCUT2D eigenvalue weighted by molar-refractivity contribution is 0.0591. The minimum Gasteiger partial charge on any atom is -0.464 e. The number of thiazole rings is 1. The highest BCUT2D eigenvalue weighted by molar-refractivity contribution is 7.98. The van der Waals surface area contributed by atoms with E-state index in [1.165, 1.54) is 25.4 Å². The second kappa shape index (κ2) is 7.64. The summed E-state index contributed by atoms with van der Waals surface area (Å²) < 4.78 is 4.68. The third kappa shape index (κ3) is 3.73. The van der Waals surface area contributed by atoms with Gasteiger partial charge in [-0.15, -0.1) is 0 Å². The molecule has 0 spiro atoms. The average Bonchev–Trinajstić information content (AvgIpc) is 2.88. The van der Waals surface area contributed by atoms with Crippen LogP contribution in [0.3, 0.4) is 0 Å². The fourth-order valence-corrected chi connectivity index (χ4v) is 3.61. The van der Waals surface area contributed by atoms with E-state index >= 15 is 0 Å². The van der Waals surface area contributed by atoms with Gasteiger partial charge in [-0.05, 0) is 12.7 Å². The number of nitrogens with zero attached hydrogens (tertiary/aromatic N) is 2. The summed E-state index contributed by atoms with van der Waals surface area (Å²) in [5.74, 6) is 0.236. The minimum absolute atomic E-state index is 0.117. The van der Waals surface area contributed by atoms with Gasteiger partial charge in [-0.3, -0.25) is 4.79 Å². The van der Waals surface area contributed by atoms with Crippen molar-refractivity contribution in [3.8, 4) is 0 Å². The van der Waals surface area contributed by atoms with Crippen LogP contribution >= 0.6 is 23.1 Å². The van der Waals surface area contributed by atoms with Crippen molar-refractivity contribution in [1.29, 1.82) is 0 Å². The molecule has 0 N–H and O–H groups in total. The Kier molecular flexibility index (Phi) is 6.48. The number of thioether (sulfide) groups is 1. The van der Waals surface area contributed by atoms with Gasteiger partial charge in [0.1, 0.15) is 4.88 Å². The van der Waals surface area contributed by atoms with Crippen molar-refractivity contribution in [2.75, 3.05) is 31.1 Å². The first kappa shape index (κ1) is 17.0. The van der Waals surface area contributed by atoms with Gasteiger partial charge in [0.2, 0.25) is 0 Å². The Bertz CT molecular complexity index is 488. The summed E-state index contributed by atoms with van der Waals surface area (Å²) in [6, 6.07) is 0.321. The third-order valence-electron chi connectivity index (χ3n) is 2.99. The molecule has 112 valence electrons. The lowest BCUT2D eigenvalue weighted by atomic mass is 10.2. The van der Waals surface area contributed by atoms with E-state index in [1.807, 2.05) is 11.9 Å². The SMILES string of the molecule is CCC(CSC)N(C)c1nc(C(=O)OC)c(C(C)=O)s1. The zero-order valence-corrected chi connectivity index (χ0v) is 14.1. The summed E-state index contributed by atoms with van der Waals surface area (Å²) in [5.41, 5.74) is 0.117. The number of ketones is 1. The van der Waals surface area contributed by atoms with Gasteiger partial charge < -0.3 is 9.64 Å². The van der Waals surface area contributed by atoms with Crippen LogP contribution in [0.4, 0.5) is 5.13 Å². The molecule has 0 aliphatic rings. The summed E-state index contributed by atoms with van der Waals surface area (Å²) in [7, 11) is 3.23. The second-order valence-electron chi connectivity index (χ2n) is 4.35. The highest BCUT2D eigenvalue weighted by atomic mass is 32.2. The minimum atomic E-state index is -0.566. The van der Waals surface area contributed by atoms with Crippen molar-refractivity contribution in [1.82, 2.24) is 4.98 Å². The molecule has 0 aliphatic heterocycles. The Hall–Kier alpha value is -1.08. The fraction of sp³-hybridized carbons (Fsp3) is 0.615. The zero-order chi connectivity index (χ0) is 15.3. The topological polar surface area (TPSA) is 59.5 Å². The van der Waals surface area contributed by atoms with Crippen molar-refractivity contribution in [3.63, 3.8) is 0 Å². The average molecular weight is 316 g/mol. The number of rotatable bonds is 7. The van der Waals surface area contributed by atoms with E-state index in [0.29, 0.717) is 16.1 Å². The number of carbonyl (C=O) groups excluding carboxylic acids is 2. The van der Waals surface area contributed by atoms with Crippen LogP contribution in [0, 0.1) is 0 Å². The van der Waals surface area contributed by atoms with Crippen LogP contribution in [0.2, 0.25) is 0 Å². The molecular weight excluding hydrogens is 296 g/mol. The van der Waals surface area contributed by atoms with Crippen molar-refractivity contribution in [2.24, 2.45) is 0 Å². The summed E-state index contributed by atoms with van der Waals surface area (Å²) in [6.45, 7) is 3.54. The highest BCUT2D eigenvalue weighted by Gasteiger charge is 2.25. The first-order valence-electron chi connectivity index (χ1n) is 6.28. The van der Waals surface area contributed by atoms with Gasteiger partial charge in [0.15, 0.2) is 16.6 Å².